The third-order valence-corrected chi connectivity index (χ3v) is 2.25. The van der Waals surface area contributed by atoms with Crippen LogP contribution in [-0.2, 0) is 0 Å². The van der Waals surface area contributed by atoms with Crippen molar-refractivity contribution in [3.63, 3.8) is 0 Å². The second-order valence-corrected chi connectivity index (χ2v) is 5.14. The quantitative estimate of drug-likeness (QED) is 0.590. The molecule has 0 spiro atoms. The molecule has 0 aliphatic heterocycles. The van der Waals surface area contributed by atoms with Gasteiger partial charge in [-0.2, -0.15) is 39.5 Å². The van der Waals surface area contributed by atoms with E-state index in [1.165, 1.54) is 0 Å². The number of halogens is 9. The molecule has 0 N–H and O–H groups in total. The van der Waals surface area contributed by atoms with E-state index in [9.17, 15) is 39.5 Å². The highest BCUT2D eigenvalue weighted by Gasteiger charge is 2.83. The molecule has 0 aliphatic rings. The molecule has 18 heavy (non-hydrogen) atoms. The van der Waals surface area contributed by atoms with Crippen molar-refractivity contribution >= 4 is 0 Å². The fourth-order valence-electron chi connectivity index (χ4n) is 1.58. The van der Waals surface area contributed by atoms with Gasteiger partial charge >= 0.3 is 18.5 Å². The van der Waals surface area contributed by atoms with Crippen LogP contribution in [0.4, 0.5) is 39.5 Å². The average molecular weight is 290 g/mol. The molecule has 0 amide bonds. The third-order valence-electron chi connectivity index (χ3n) is 2.25. The topological polar surface area (TPSA) is 0 Å². The lowest BCUT2D eigenvalue weighted by atomic mass is 9.72. The smallest absolute Gasteiger partial charge is 0.170 e. The summed E-state index contributed by atoms with van der Waals surface area (Å²) < 4.78 is 112. The third kappa shape index (κ3) is 3.03. The van der Waals surface area contributed by atoms with E-state index < -0.39 is 35.8 Å². The maximum Gasteiger partial charge on any atom is 0.412 e. The second-order valence-electron chi connectivity index (χ2n) is 5.14. The molecule has 0 nitrogen and oxygen atoms in total. The first-order valence-electron chi connectivity index (χ1n) is 4.66. The standard InChI is InChI=1S/C9H11F9/c1-5(2,3)4-6(7(10,11)12,8(13,14)15)9(16,17)18/h4H2,1-3H3. The zero-order valence-electron chi connectivity index (χ0n) is 9.61. The van der Waals surface area contributed by atoms with Crippen LogP contribution in [0.25, 0.3) is 0 Å². The molecule has 0 bridgehead atoms. The highest BCUT2D eigenvalue weighted by Crippen LogP contribution is 2.63. The Hall–Kier alpha value is -0.630. The number of alkyl halides is 9. The summed E-state index contributed by atoms with van der Waals surface area (Å²) in [6.45, 7) is 2.64. The van der Waals surface area contributed by atoms with Gasteiger partial charge in [-0.3, -0.25) is 0 Å². The zero-order valence-corrected chi connectivity index (χ0v) is 9.61. The Kier molecular flexibility index (Phi) is 4.05. The van der Waals surface area contributed by atoms with Crippen molar-refractivity contribution in [2.75, 3.05) is 0 Å². The van der Waals surface area contributed by atoms with Crippen LogP contribution in [0.2, 0.25) is 0 Å². The first-order chi connectivity index (χ1) is 7.46. The van der Waals surface area contributed by atoms with Crippen LogP contribution in [-0.4, -0.2) is 18.5 Å². The Bertz CT molecular complexity index is 249. The summed E-state index contributed by atoms with van der Waals surface area (Å²) in [7, 11) is 0. The lowest BCUT2D eigenvalue weighted by Gasteiger charge is -2.42. The molecule has 0 aromatic carbocycles. The molecule has 0 aromatic rings. The molecular weight excluding hydrogens is 279 g/mol. The molecular formula is C9H11F9. The van der Waals surface area contributed by atoms with Gasteiger partial charge in [-0.25, -0.2) is 0 Å². The van der Waals surface area contributed by atoms with Gasteiger partial charge in [0.15, 0.2) is 0 Å². The van der Waals surface area contributed by atoms with Crippen molar-refractivity contribution in [1.29, 1.82) is 0 Å². The van der Waals surface area contributed by atoms with Crippen LogP contribution in [0.15, 0.2) is 0 Å². The van der Waals surface area contributed by atoms with Gasteiger partial charge in [-0.15, -0.1) is 0 Å². The molecule has 0 aliphatic carbocycles. The molecule has 0 heterocycles. The van der Waals surface area contributed by atoms with E-state index in [0.717, 1.165) is 20.8 Å². The molecule has 110 valence electrons. The van der Waals surface area contributed by atoms with Gasteiger partial charge in [0.1, 0.15) is 0 Å². The minimum atomic E-state index is -6.46. The predicted molar refractivity (Wildman–Crippen MR) is 44.7 cm³/mol. The highest BCUT2D eigenvalue weighted by atomic mass is 19.4. The Morgan fingerprint density at radius 2 is 0.778 bits per heavy atom. The van der Waals surface area contributed by atoms with Crippen LogP contribution < -0.4 is 0 Å². The van der Waals surface area contributed by atoms with Crippen LogP contribution in [0.3, 0.4) is 0 Å². The van der Waals surface area contributed by atoms with Gasteiger partial charge in [0, 0.05) is 0 Å². The summed E-state index contributed by atoms with van der Waals surface area (Å²) in [5.41, 5.74) is -7.51. The fourth-order valence-corrected chi connectivity index (χ4v) is 1.58. The summed E-state index contributed by atoms with van der Waals surface area (Å²) in [6.07, 6.45) is -21.5. The minimum Gasteiger partial charge on any atom is -0.170 e. The molecule has 0 radical (unpaired) electrons. The van der Waals surface area contributed by atoms with E-state index in [1.54, 1.807) is 0 Å². The van der Waals surface area contributed by atoms with Crippen molar-refractivity contribution in [3.8, 4) is 0 Å². The first-order valence-corrected chi connectivity index (χ1v) is 4.66. The Balaban J connectivity index is 6.10. The summed E-state index contributed by atoms with van der Waals surface area (Å²) in [6, 6.07) is 0. The van der Waals surface area contributed by atoms with Crippen molar-refractivity contribution < 1.29 is 39.5 Å². The van der Waals surface area contributed by atoms with E-state index in [-0.39, 0.29) is 0 Å². The fraction of sp³-hybridized carbons (Fsp3) is 1.00. The Morgan fingerprint density at radius 3 is 0.833 bits per heavy atom. The largest absolute Gasteiger partial charge is 0.412 e. The maximum atomic E-state index is 12.5. The van der Waals surface area contributed by atoms with Crippen molar-refractivity contribution in [2.45, 2.75) is 45.7 Å². The van der Waals surface area contributed by atoms with Crippen LogP contribution >= 0.6 is 0 Å². The highest BCUT2D eigenvalue weighted by molar-refractivity contribution is 5.01. The summed E-state index contributed by atoms with van der Waals surface area (Å²) in [5.74, 6) is 0. The van der Waals surface area contributed by atoms with Gasteiger partial charge in [0.05, 0.1) is 0 Å². The van der Waals surface area contributed by atoms with Gasteiger partial charge in [-0.1, -0.05) is 20.8 Å². The van der Waals surface area contributed by atoms with Crippen LogP contribution in [0.5, 0.6) is 0 Å². The van der Waals surface area contributed by atoms with E-state index in [0.29, 0.717) is 0 Å². The normalized spacial score (nSPS) is 16.0. The van der Waals surface area contributed by atoms with Gasteiger partial charge in [-0.05, 0) is 11.8 Å². The van der Waals surface area contributed by atoms with E-state index in [2.05, 4.69) is 0 Å². The van der Waals surface area contributed by atoms with Gasteiger partial charge in [0.25, 0.3) is 5.41 Å². The number of hydrogen-bond donors (Lipinski definition) is 0. The molecule has 0 saturated heterocycles. The summed E-state index contributed by atoms with van der Waals surface area (Å²) in [4.78, 5) is 0. The predicted octanol–water partition coefficient (Wildman–Crippen LogP) is 5.10. The van der Waals surface area contributed by atoms with Crippen LogP contribution in [0, 0.1) is 10.8 Å². The van der Waals surface area contributed by atoms with Crippen molar-refractivity contribution in [3.05, 3.63) is 0 Å². The van der Waals surface area contributed by atoms with E-state index in [4.69, 9.17) is 0 Å². The molecule has 0 saturated carbocycles. The molecule has 0 unspecified atom stereocenters. The summed E-state index contributed by atoms with van der Waals surface area (Å²) >= 11 is 0. The van der Waals surface area contributed by atoms with Gasteiger partial charge in [0.2, 0.25) is 0 Å². The summed E-state index contributed by atoms with van der Waals surface area (Å²) in [5, 5.41) is 0. The minimum absolute atomic E-state index is 0.880. The first kappa shape index (κ1) is 17.4. The maximum absolute atomic E-state index is 12.5. The average Bonchev–Trinajstić information content (AvgIpc) is 1.90. The number of hydrogen-bond acceptors (Lipinski definition) is 0. The Morgan fingerprint density at radius 1 is 0.556 bits per heavy atom. The molecule has 0 fully saturated rings. The molecule has 0 atom stereocenters. The zero-order chi connectivity index (χ0) is 15.2. The van der Waals surface area contributed by atoms with Crippen molar-refractivity contribution in [1.82, 2.24) is 0 Å². The van der Waals surface area contributed by atoms with E-state index >= 15 is 0 Å². The number of rotatable bonds is 1. The molecule has 9 heteroatoms. The SMILES string of the molecule is CC(C)(C)CC(C(F)(F)F)(C(F)(F)F)C(F)(F)F. The molecule has 0 rings (SSSR count). The van der Waals surface area contributed by atoms with Crippen LogP contribution in [0.1, 0.15) is 27.2 Å². The second kappa shape index (κ2) is 4.19. The van der Waals surface area contributed by atoms with E-state index in [1.807, 2.05) is 0 Å². The Labute approximate surface area is 97.1 Å². The lowest BCUT2D eigenvalue weighted by molar-refractivity contribution is -0.433. The lowest BCUT2D eigenvalue weighted by Crippen LogP contribution is -2.60. The van der Waals surface area contributed by atoms with Gasteiger partial charge < -0.3 is 0 Å². The monoisotopic (exact) mass is 290 g/mol. The molecule has 0 aromatic heterocycles. The van der Waals surface area contributed by atoms with Crippen molar-refractivity contribution in [2.24, 2.45) is 10.8 Å².